The molecule has 1 fully saturated rings. The number of hydrogen-bond donors (Lipinski definition) is 1. The Morgan fingerprint density at radius 3 is 2.67 bits per heavy atom. The summed E-state index contributed by atoms with van der Waals surface area (Å²) in [7, 11) is 0. The molecule has 3 aromatic rings. The van der Waals surface area contributed by atoms with Gasteiger partial charge in [0.05, 0.1) is 11.4 Å². The van der Waals surface area contributed by atoms with Crippen LogP contribution in [0.3, 0.4) is 0 Å². The Balaban J connectivity index is 1.33. The van der Waals surface area contributed by atoms with Gasteiger partial charge in [-0.05, 0) is 63.0 Å². The molecule has 5 rings (SSSR count). The summed E-state index contributed by atoms with van der Waals surface area (Å²) in [6, 6.07) is 14.3. The van der Waals surface area contributed by atoms with Crippen molar-refractivity contribution in [2.45, 2.75) is 42.8 Å². The zero-order valence-electron chi connectivity index (χ0n) is 17.0. The molecule has 2 aliphatic rings. The zero-order chi connectivity index (χ0) is 20.2. The second-order valence-corrected chi connectivity index (χ2v) is 8.99. The molecule has 1 aromatic carbocycles. The third kappa shape index (κ3) is 4.20. The number of piperidine rings is 1. The van der Waals surface area contributed by atoms with Crippen molar-refractivity contribution >= 4 is 11.8 Å². The van der Waals surface area contributed by atoms with Crippen molar-refractivity contribution < 1.29 is 4.74 Å². The molecular formula is C24H26N4OS. The van der Waals surface area contributed by atoms with E-state index >= 15 is 0 Å². The van der Waals surface area contributed by atoms with Gasteiger partial charge in [0.1, 0.15) is 11.4 Å². The highest BCUT2D eigenvalue weighted by molar-refractivity contribution is 7.97. The summed E-state index contributed by atoms with van der Waals surface area (Å²) < 4.78 is 6.56. The molecule has 4 heterocycles. The van der Waals surface area contributed by atoms with Gasteiger partial charge in [-0.2, -0.15) is 0 Å². The first kappa shape index (κ1) is 19.5. The molecule has 0 saturated carbocycles. The van der Waals surface area contributed by atoms with Crippen molar-refractivity contribution in [3.05, 3.63) is 71.8 Å². The fourth-order valence-electron chi connectivity index (χ4n) is 4.35. The third-order valence-corrected chi connectivity index (χ3v) is 6.98. The maximum atomic E-state index is 6.56. The molecule has 1 saturated heterocycles. The smallest absolute Gasteiger partial charge is 0.159 e. The summed E-state index contributed by atoms with van der Waals surface area (Å²) in [6.07, 6.45) is 7.96. The fourth-order valence-corrected chi connectivity index (χ4v) is 5.20. The number of aromatic nitrogens is 3. The number of pyridine rings is 1. The molecule has 5 nitrogen and oxygen atoms in total. The van der Waals surface area contributed by atoms with Crippen LogP contribution in [0.5, 0.6) is 5.75 Å². The number of fused-ring (bicyclic) bond motifs is 1. The lowest BCUT2D eigenvalue weighted by molar-refractivity contribution is 0.0171. The second-order valence-electron chi connectivity index (χ2n) is 8.00. The summed E-state index contributed by atoms with van der Waals surface area (Å²) in [4.78, 5) is 13.8. The van der Waals surface area contributed by atoms with Gasteiger partial charge >= 0.3 is 0 Å². The van der Waals surface area contributed by atoms with E-state index in [1.807, 2.05) is 42.4 Å². The molecule has 0 unspecified atom stereocenters. The highest BCUT2D eigenvalue weighted by atomic mass is 32.2. The van der Waals surface area contributed by atoms with E-state index in [1.165, 1.54) is 5.56 Å². The Morgan fingerprint density at radius 2 is 1.80 bits per heavy atom. The van der Waals surface area contributed by atoms with Crippen molar-refractivity contribution in [1.29, 1.82) is 0 Å². The Labute approximate surface area is 181 Å². The molecule has 0 bridgehead atoms. The summed E-state index contributed by atoms with van der Waals surface area (Å²) in [5.41, 5.74) is 4.50. The molecule has 154 valence electrons. The van der Waals surface area contributed by atoms with E-state index in [0.717, 1.165) is 78.8 Å². The van der Waals surface area contributed by atoms with Crippen LogP contribution >= 0.6 is 11.8 Å². The monoisotopic (exact) mass is 418 g/mol. The maximum absolute atomic E-state index is 6.56. The number of benzene rings is 1. The standard InChI is InChI=1S/C24H26N4OS/c1-2-12-26-18(4-1)16-30-17-19-8-13-27-23(28-19)21-5-3-6-22-20(21)7-9-24(29-22)10-14-25-15-11-24/h1-6,8,12-13,25H,7,9-11,14-17H2. The van der Waals surface area contributed by atoms with Gasteiger partial charge in [0.2, 0.25) is 0 Å². The van der Waals surface area contributed by atoms with Gasteiger partial charge in [0.15, 0.2) is 5.82 Å². The third-order valence-electron chi connectivity index (χ3n) is 5.99. The molecule has 0 radical (unpaired) electrons. The van der Waals surface area contributed by atoms with Crippen LogP contribution in [0.4, 0.5) is 0 Å². The molecular weight excluding hydrogens is 392 g/mol. The first-order chi connectivity index (χ1) is 14.8. The number of rotatable bonds is 5. The van der Waals surface area contributed by atoms with Crippen LogP contribution in [0, 0.1) is 0 Å². The van der Waals surface area contributed by atoms with Crippen LogP contribution in [-0.2, 0) is 17.9 Å². The SMILES string of the molecule is c1ccc(CSCc2ccnc(-c3cccc4c3CCC3(CCNCC3)O4)n2)nc1. The summed E-state index contributed by atoms with van der Waals surface area (Å²) in [6.45, 7) is 2.08. The fraction of sp³-hybridized carbons (Fsp3) is 0.375. The van der Waals surface area contributed by atoms with Crippen molar-refractivity contribution in [2.75, 3.05) is 13.1 Å². The van der Waals surface area contributed by atoms with Crippen LogP contribution in [0.2, 0.25) is 0 Å². The second kappa shape index (κ2) is 8.74. The van der Waals surface area contributed by atoms with Crippen molar-refractivity contribution in [1.82, 2.24) is 20.3 Å². The average Bonchev–Trinajstić information content (AvgIpc) is 2.80. The topological polar surface area (TPSA) is 59.9 Å². The normalized spacial score (nSPS) is 17.3. The summed E-state index contributed by atoms with van der Waals surface area (Å²) in [5, 5.41) is 3.44. The van der Waals surface area contributed by atoms with Gasteiger partial charge in [-0.15, -0.1) is 11.8 Å². The van der Waals surface area contributed by atoms with E-state index in [0.29, 0.717) is 0 Å². The summed E-state index contributed by atoms with van der Waals surface area (Å²) in [5.74, 6) is 3.53. The Bertz CT molecular complexity index is 1010. The van der Waals surface area contributed by atoms with E-state index in [-0.39, 0.29) is 5.60 Å². The Kier molecular flexibility index (Phi) is 5.69. The highest BCUT2D eigenvalue weighted by Gasteiger charge is 2.38. The van der Waals surface area contributed by atoms with E-state index in [4.69, 9.17) is 9.72 Å². The van der Waals surface area contributed by atoms with Gasteiger partial charge in [0.25, 0.3) is 0 Å². The molecule has 0 atom stereocenters. The number of nitrogens with one attached hydrogen (secondary N) is 1. The Morgan fingerprint density at radius 1 is 0.900 bits per heavy atom. The lowest BCUT2D eigenvalue weighted by atomic mass is 9.82. The first-order valence-electron chi connectivity index (χ1n) is 10.6. The summed E-state index contributed by atoms with van der Waals surface area (Å²) >= 11 is 1.82. The molecule has 30 heavy (non-hydrogen) atoms. The van der Waals surface area contributed by atoms with Crippen LogP contribution in [0.15, 0.2) is 54.9 Å². The van der Waals surface area contributed by atoms with Gasteiger partial charge in [-0.25, -0.2) is 9.97 Å². The minimum Gasteiger partial charge on any atom is -0.487 e. The van der Waals surface area contributed by atoms with Crippen LogP contribution < -0.4 is 10.1 Å². The predicted octanol–water partition coefficient (Wildman–Crippen LogP) is 4.42. The van der Waals surface area contributed by atoms with Gasteiger partial charge in [0, 0.05) is 35.0 Å². The first-order valence-corrected chi connectivity index (χ1v) is 11.8. The molecule has 2 aliphatic heterocycles. The minimum absolute atomic E-state index is 0.00168. The highest BCUT2D eigenvalue weighted by Crippen LogP contribution is 2.41. The minimum atomic E-state index is 0.00168. The Hall–Kier alpha value is -2.44. The maximum Gasteiger partial charge on any atom is 0.159 e. The zero-order valence-corrected chi connectivity index (χ0v) is 17.8. The molecule has 0 aliphatic carbocycles. The molecule has 0 amide bonds. The lowest BCUT2D eigenvalue weighted by Crippen LogP contribution is -2.48. The molecule has 1 N–H and O–H groups in total. The molecule has 2 aromatic heterocycles. The average molecular weight is 419 g/mol. The molecule has 6 heteroatoms. The van der Waals surface area contributed by atoms with E-state index < -0.39 is 0 Å². The van der Waals surface area contributed by atoms with Crippen molar-refractivity contribution in [3.63, 3.8) is 0 Å². The number of nitrogens with zero attached hydrogens (tertiary/aromatic N) is 3. The lowest BCUT2D eigenvalue weighted by Gasteiger charge is -2.42. The number of hydrogen-bond acceptors (Lipinski definition) is 6. The largest absolute Gasteiger partial charge is 0.487 e. The van der Waals surface area contributed by atoms with Crippen LogP contribution in [-0.4, -0.2) is 33.6 Å². The van der Waals surface area contributed by atoms with Gasteiger partial charge in [-0.3, -0.25) is 4.98 Å². The van der Waals surface area contributed by atoms with Gasteiger partial charge in [-0.1, -0.05) is 18.2 Å². The van der Waals surface area contributed by atoms with E-state index in [9.17, 15) is 0 Å². The van der Waals surface area contributed by atoms with E-state index in [2.05, 4.69) is 39.6 Å². The molecule has 1 spiro atoms. The van der Waals surface area contributed by atoms with E-state index in [1.54, 1.807) is 0 Å². The van der Waals surface area contributed by atoms with Gasteiger partial charge < -0.3 is 10.1 Å². The van der Waals surface area contributed by atoms with Crippen molar-refractivity contribution in [3.8, 4) is 17.1 Å². The number of thioether (sulfide) groups is 1. The number of ether oxygens (including phenoxy) is 1. The quantitative estimate of drug-likeness (QED) is 0.662. The van der Waals surface area contributed by atoms with Crippen molar-refractivity contribution in [2.24, 2.45) is 0 Å². The van der Waals surface area contributed by atoms with Crippen LogP contribution in [0.1, 0.15) is 36.2 Å². The van der Waals surface area contributed by atoms with Crippen LogP contribution in [0.25, 0.3) is 11.4 Å². The predicted molar refractivity (Wildman–Crippen MR) is 120 cm³/mol.